The fourth-order valence-corrected chi connectivity index (χ4v) is 1.89. The highest BCUT2D eigenvalue weighted by Gasteiger charge is 2.29. The molecule has 1 aliphatic heterocycles. The molecule has 0 saturated carbocycles. The molecule has 1 aliphatic rings. The number of hydrogen-bond acceptors (Lipinski definition) is 6. The Kier molecular flexibility index (Phi) is 3.76. The number of ether oxygens (including phenoxy) is 2. The SMILES string of the molecule is COC(=O)c1ccc(NCC2(C)CCCO2)nn1. The predicted molar refractivity (Wildman–Crippen MR) is 65.5 cm³/mol. The minimum atomic E-state index is -0.486. The molecular weight excluding hydrogens is 234 g/mol. The topological polar surface area (TPSA) is 73.3 Å². The van der Waals surface area contributed by atoms with Crippen molar-refractivity contribution in [2.75, 3.05) is 25.6 Å². The highest BCUT2D eigenvalue weighted by Crippen LogP contribution is 2.24. The molecule has 0 amide bonds. The third-order valence-corrected chi connectivity index (χ3v) is 3.00. The second kappa shape index (κ2) is 5.30. The fraction of sp³-hybridized carbons (Fsp3) is 0.583. The number of rotatable bonds is 4. The minimum Gasteiger partial charge on any atom is -0.464 e. The van der Waals surface area contributed by atoms with Gasteiger partial charge in [-0.2, -0.15) is 0 Å². The molecule has 1 aromatic heterocycles. The Bertz CT molecular complexity index is 413. The fourth-order valence-electron chi connectivity index (χ4n) is 1.89. The van der Waals surface area contributed by atoms with Crippen LogP contribution in [0.3, 0.4) is 0 Å². The van der Waals surface area contributed by atoms with Crippen LogP contribution >= 0.6 is 0 Å². The summed E-state index contributed by atoms with van der Waals surface area (Å²) in [6, 6.07) is 3.29. The zero-order chi connectivity index (χ0) is 13.0. The van der Waals surface area contributed by atoms with Crippen LogP contribution in [-0.2, 0) is 9.47 Å². The summed E-state index contributed by atoms with van der Waals surface area (Å²) in [4.78, 5) is 11.2. The largest absolute Gasteiger partial charge is 0.464 e. The Morgan fingerprint density at radius 1 is 1.56 bits per heavy atom. The molecule has 6 heteroatoms. The van der Waals surface area contributed by atoms with Gasteiger partial charge in [0.05, 0.1) is 12.7 Å². The number of carbonyl (C=O) groups is 1. The number of nitrogens with one attached hydrogen (secondary N) is 1. The van der Waals surface area contributed by atoms with E-state index < -0.39 is 5.97 Å². The van der Waals surface area contributed by atoms with Crippen LogP contribution in [0, 0.1) is 0 Å². The average Bonchev–Trinajstić information content (AvgIpc) is 2.83. The number of carbonyl (C=O) groups excluding carboxylic acids is 1. The molecule has 2 heterocycles. The van der Waals surface area contributed by atoms with E-state index >= 15 is 0 Å². The molecule has 1 N–H and O–H groups in total. The number of nitrogens with zero attached hydrogens (tertiary/aromatic N) is 2. The van der Waals surface area contributed by atoms with Gasteiger partial charge in [-0.15, -0.1) is 10.2 Å². The summed E-state index contributed by atoms with van der Waals surface area (Å²) < 4.78 is 10.2. The van der Waals surface area contributed by atoms with Gasteiger partial charge in [0.15, 0.2) is 5.69 Å². The van der Waals surface area contributed by atoms with Crippen molar-refractivity contribution in [3.8, 4) is 0 Å². The highest BCUT2D eigenvalue weighted by atomic mass is 16.5. The Morgan fingerprint density at radius 3 is 2.94 bits per heavy atom. The maximum Gasteiger partial charge on any atom is 0.358 e. The molecule has 2 rings (SSSR count). The molecule has 1 aromatic rings. The van der Waals surface area contributed by atoms with Crippen molar-refractivity contribution in [3.63, 3.8) is 0 Å². The van der Waals surface area contributed by atoms with Gasteiger partial charge in [0.1, 0.15) is 5.82 Å². The molecule has 1 atom stereocenters. The van der Waals surface area contributed by atoms with E-state index in [9.17, 15) is 4.79 Å². The predicted octanol–water partition coefficient (Wildman–Crippen LogP) is 1.24. The van der Waals surface area contributed by atoms with Crippen LogP contribution in [0.2, 0.25) is 0 Å². The van der Waals surface area contributed by atoms with Gasteiger partial charge >= 0.3 is 5.97 Å². The van der Waals surface area contributed by atoms with Crippen molar-refractivity contribution in [1.82, 2.24) is 10.2 Å². The summed E-state index contributed by atoms with van der Waals surface area (Å²) in [5.74, 6) is 0.138. The summed E-state index contributed by atoms with van der Waals surface area (Å²) in [6.45, 7) is 3.56. The standard InChI is InChI=1S/C12H17N3O3/c1-12(6-3-7-18-12)8-13-10-5-4-9(14-15-10)11(16)17-2/h4-5H,3,6-8H2,1-2H3,(H,13,15). The third kappa shape index (κ3) is 2.95. The number of anilines is 1. The first-order chi connectivity index (χ1) is 8.63. The van der Waals surface area contributed by atoms with Gasteiger partial charge in [0.2, 0.25) is 0 Å². The molecule has 1 unspecified atom stereocenters. The number of esters is 1. The van der Waals surface area contributed by atoms with Crippen LogP contribution in [0.15, 0.2) is 12.1 Å². The van der Waals surface area contributed by atoms with Crippen LogP contribution in [0.5, 0.6) is 0 Å². The van der Waals surface area contributed by atoms with Gasteiger partial charge in [0, 0.05) is 13.2 Å². The normalized spacial score (nSPS) is 22.8. The van der Waals surface area contributed by atoms with E-state index in [1.165, 1.54) is 7.11 Å². The van der Waals surface area contributed by atoms with Crippen LogP contribution in [0.25, 0.3) is 0 Å². The maximum absolute atomic E-state index is 11.2. The molecule has 0 aromatic carbocycles. The molecule has 0 aliphatic carbocycles. The molecule has 6 nitrogen and oxygen atoms in total. The lowest BCUT2D eigenvalue weighted by atomic mass is 10.0. The van der Waals surface area contributed by atoms with Gasteiger partial charge in [-0.1, -0.05) is 0 Å². The molecule has 0 radical (unpaired) electrons. The number of hydrogen-bond donors (Lipinski definition) is 1. The minimum absolute atomic E-state index is 0.136. The molecule has 0 bridgehead atoms. The van der Waals surface area contributed by atoms with Crippen molar-refractivity contribution in [2.45, 2.75) is 25.4 Å². The van der Waals surface area contributed by atoms with Crippen LogP contribution in [-0.4, -0.2) is 42.0 Å². The molecule has 0 spiro atoms. The van der Waals surface area contributed by atoms with Crippen LogP contribution < -0.4 is 5.32 Å². The van der Waals surface area contributed by atoms with Crippen LogP contribution in [0.1, 0.15) is 30.3 Å². The van der Waals surface area contributed by atoms with E-state index in [0.717, 1.165) is 19.4 Å². The zero-order valence-electron chi connectivity index (χ0n) is 10.6. The van der Waals surface area contributed by atoms with Crippen molar-refractivity contribution in [1.29, 1.82) is 0 Å². The van der Waals surface area contributed by atoms with E-state index in [0.29, 0.717) is 12.4 Å². The van der Waals surface area contributed by atoms with E-state index in [-0.39, 0.29) is 11.3 Å². The molecule has 1 fully saturated rings. The number of aromatic nitrogens is 2. The Labute approximate surface area is 106 Å². The Morgan fingerprint density at radius 2 is 2.39 bits per heavy atom. The quantitative estimate of drug-likeness (QED) is 0.812. The van der Waals surface area contributed by atoms with E-state index in [4.69, 9.17) is 4.74 Å². The summed E-state index contributed by atoms with van der Waals surface area (Å²) in [5, 5.41) is 10.9. The number of methoxy groups -OCH3 is 1. The van der Waals surface area contributed by atoms with E-state index in [2.05, 4.69) is 27.2 Å². The van der Waals surface area contributed by atoms with Gasteiger partial charge in [-0.05, 0) is 31.9 Å². The van der Waals surface area contributed by atoms with Crippen molar-refractivity contribution < 1.29 is 14.3 Å². The third-order valence-electron chi connectivity index (χ3n) is 3.00. The lowest BCUT2D eigenvalue weighted by Crippen LogP contribution is -2.32. The van der Waals surface area contributed by atoms with Gasteiger partial charge in [0.25, 0.3) is 0 Å². The smallest absolute Gasteiger partial charge is 0.358 e. The molecule has 98 valence electrons. The van der Waals surface area contributed by atoms with Crippen LogP contribution in [0.4, 0.5) is 5.82 Å². The lowest BCUT2D eigenvalue weighted by molar-refractivity contribution is 0.0314. The van der Waals surface area contributed by atoms with Gasteiger partial charge in [-0.25, -0.2) is 4.79 Å². The zero-order valence-corrected chi connectivity index (χ0v) is 10.6. The average molecular weight is 251 g/mol. The van der Waals surface area contributed by atoms with Gasteiger partial charge in [-0.3, -0.25) is 0 Å². The summed E-state index contributed by atoms with van der Waals surface area (Å²) in [5.41, 5.74) is 0.0641. The molecule has 18 heavy (non-hydrogen) atoms. The van der Waals surface area contributed by atoms with Crippen molar-refractivity contribution in [2.24, 2.45) is 0 Å². The monoisotopic (exact) mass is 251 g/mol. The lowest BCUT2D eigenvalue weighted by Gasteiger charge is -2.23. The summed E-state index contributed by atoms with van der Waals surface area (Å²) in [6.07, 6.45) is 2.12. The first-order valence-corrected chi connectivity index (χ1v) is 5.93. The van der Waals surface area contributed by atoms with Crippen molar-refractivity contribution in [3.05, 3.63) is 17.8 Å². The Hall–Kier alpha value is -1.69. The highest BCUT2D eigenvalue weighted by molar-refractivity contribution is 5.86. The van der Waals surface area contributed by atoms with Gasteiger partial charge < -0.3 is 14.8 Å². The first kappa shape index (κ1) is 12.8. The Balaban J connectivity index is 1.92. The summed E-state index contributed by atoms with van der Waals surface area (Å²) >= 11 is 0. The second-order valence-electron chi connectivity index (χ2n) is 4.55. The second-order valence-corrected chi connectivity index (χ2v) is 4.55. The summed E-state index contributed by atoms with van der Waals surface area (Å²) in [7, 11) is 1.31. The molecule has 1 saturated heterocycles. The first-order valence-electron chi connectivity index (χ1n) is 5.93. The maximum atomic E-state index is 11.2. The molecular formula is C12H17N3O3. The van der Waals surface area contributed by atoms with Crippen molar-refractivity contribution >= 4 is 11.8 Å². The van der Waals surface area contributed by atoms with E-state index in [1.807, 2.05) is 0 Å². The van der Waals surface area contributed by atoms with E-state index in [1.54, 1.807) is 12.1 Å².